The van der Waals surface area contributed by atoms with E-state index >= 15 is 0 Å². The van der Waals surface area contributed by atoms with Crippen LogP contribution >= 0.6 is 11.8 Å². The molecule has 106 valence electrons. The maximum absolute atomic E-state index is 12.7. The maximum atomic E-state index is 12.7. The average Bonchev–Trinajstić information content (AvgIpc) is 2.27. The number of anilines is 1. The molecule has 1 aromatic rings. The normalized spacial score (nSPS) is 20.4. The van der Waals surface area contributed by atoms with Crippen molar-refractivity contribution in [3.05, 3.63) is 23.8 Å². The standard InChI is InChI=1S/C13H20N2O2S2/c1-10-8-11(14)4-5-12(10)19(16,17)15-6-7-18-13(2,3)9-15/h4-5,8H,6-7,9,14H2,1-3H3. The molecule has 2 rings (SSSR count). The van der Waals surface area contributed by atoms with Crippen molar-refractivity contribution in [3.8, 4) is 0 Å². The van der Waals surface area contributed by atoms with Gasteiger partial charge in [0.05, 0.1) is 4.90 Å². The molecule has 1 heterocycles. The molecule has 2 N–H and O–H groups in total. The van der Waals surface area contributed by atoms with E-state index in [0.29, 0.717) is 29.2 Å². The highest BCUT2D eigenvalue weighted by Crippen LogP contribution is 2.33. The molecule has 0 bridgehead atoms. The van der Waals surface area contributed by atoms with Gasteiger partial charge in [0.1, 0.15) is 0 Å². The summed E-state index contributed by atoms with van der Waals surface area (Å²) in [6, 6.07) is 4.95. The highest BCUT2D eigenvalue weighted by molar-refractivity contribution is 8.00. The minimum atomic E-state index is -3.42. The van der Waals surface area contributed by atoms with Gasteiger partial charge in [-0.1, -0.05) is 0 Å². The number of rotatable bonds is 2. The Morgan fingerprint density at radius 2 is 2.05 bits per heavy atom. The summed E-state index contributed by atoms with van der Waals surface area (Å²) in [6.45, 7) is 7.06. The lowest BCUT2D eigenvalue weighted by Gasteiger charge is -2.36. The highest BCUT2D eigenvalue weighted by Gasteiger charge is 2.35. The van der Waals surface area contributed by atoms with E-state index in [9.17, 15) is 8.42 Å². The van der Waals surface area contributed by atoms with Gasteiger partial charge < -0.3 is 5.73 Å². The number of nitrogens with two attached hydrogens (primary N) is 1. The van der Waals surface area contributed by atoms with Gasteiger partial charge >= 0.3 is 0 Å². The van der Waals surface area contributed by atoms with Gasteiger partial charge in [0, 0.05) is 29.3 Å². The summed E-state index contributed by atoms with van der Waals surface area (Å²) < 4.78 is 26.9. The van der Waals surface area contributed by atoms with Crippen molar-refractivity contribution in [1.82, 2.24) is 4.31 Å². The summed E-state index contributed by atoms with van der Waals surface area (Å²) in [7, 11) is -3.42. The monoisotopic (exact) mass is 300 g/mol. The third kappa shape index (κ3) is 3.07. The molecule has 1 aliphatic heterocycles. The Morgan fingerprint density at radius 3 is 2.63 bits per heavy atom. The van der Waals surface area contributed by atoms with Gasteiger partial charge in [0.25, 0.3) is 0 Å². The highest BCUT2D eigenvalue weighted by atomic mass is 32.2. The van der Waals surface area contributed by atoms with Crippen molar-refractivity contribution in [2.75, 3.05) is 24.6 Å². The largest absolute Gasteiger partial charge is 0.399 e. The minimum Gasteiger partial charge on any atom is -0.399 e. The van der Waals surface area contributed by atoms with Crippen LogP contribution in [-0.4, -0.2) is 36.3 Å². The first-order chi connectivity index (χ1) is 8.72. The molecule has 1 saturated heterocycles. The number of thioether (sulfide) groups is 1. The fraction of sp³-hybridized carbons (Fsp3) is 0.538. The van der Waals surface area contributed by atoms with Gasteiger partial charge in [0.2, 0.25) is 10.0 Å². The zero-order valence-corrected chi connectivity index (χ0v) is 13.1. The molecule has 1 aromatic carbocycles. The van der Waals surface area contributed by atoms with E-state index in [1.165, 1.54) is 0 Å². The second-order valence-electron chi connectivity index (χ2n) is 5.47. The van der Waals surface area contributed by atoms with E-state index in [4.69, 9.17) is 5.73 Å². The van der Waals surface area contributed by atoms with Crippen LogP contribution in [0.1, 0.15) is 19.4 Å². The molecule has 0 saturated carbocycles. The van der Waals surface area contributed by atoms with Gasteiger partial charge in [-0.25, -0.2) is 8.42 Å². The van der Waals surface area contributed by atoms with Crippen molar-refractivity contribution in [2.45, 2.75) is 30.4 Å². The number of benzene rings is 1. The molecule has 0 unspecified atom stereocenters. The zero-order valence-electron chi connectivity index (χ0n) is 11.5. The number of nitrogen functional groups attached to an aromatic ring is 1. The number of nitrogens with zero attached hydrogens (tertiary/aromatic N) is 1. The van der Waals surface area contributed by atoms with Gasteiger partial charge in [-0.2, -0.15) is 16.1 Å². The second kappa shape index (κ2) is 5.00. The minimum absolute atomic E-state index is 0.0347. The summed E-state index contributed by atoms with van der Waals surface area (Å²) >= 11 is 1.82. The van der Waals surface area contributed by atoms with Crippen LogP contribution < -0.4 is 5.73 Å². The van der Waals surface area contributed by atoms with E-state index in [1.54, 1.807) is 29.4 Å². The first-order valence-corrected chi connectivity index (χ1v) is 8.65. The van der Waals surface area contributed by atoms with Gasteiger partial charge in [-0.3, -0.25) is 0 Å². The Hall–Kier alpha value is -0.720. The molecular formula is C13H20N2O2S2. The zero-order chi connectivity index (χ0) is 14.3. The Bertz CT molecular complexity index is 582. The first kappa shape index (κ1) is 14.7. The van der Waals surface area contributed by atoms with Crippen LogP contribution in [0.3, 0.4) is 0 Å². The number of hydrogen-bond donors (Lipinski definition) is 1. The number of sulfonamides is 1. The van der Waals surface area contributed by atoms with E-state index in [1.807, 2.05) is 11.8 Å². The van der Waals surface area contributed by atoms with Crippen LogP contribution in [0.15, 0.2) is 23.1 Å². The third-order valence-electron chi connectivity index (χ3n) is 3.21. The van der Waals surface area contributed by atoms with E-state index < -0.39 is 10.0 Å². The summed E-state index contributed by atoms with van der Waals surface area (Å²) in [6.07, 6.45) is 0. The molecule has 0 spiro atoms. The lowest BCUT2D eigenvalue weighted by Crippen LogP contribution is -2.46. The molecule has 0 aliphatic carbocycles. The van der Waals surface area contributed by atoms with E-state index in [2.05, 4.69) is 13.8 Å². The van der Waals surface area contributed by atoms with Crippen molar-refractivity contribution < 1.29 is 8.42 Å². The fourth-order valence-electron chi connectivity index (χ4n) is 2.28. The number of aryl methyl sites for hydroxylation is 1. The lowest BCUT2D eigenvalue weighted by atomic mass is 10.2. The molecule has 0 atom stereocenters. The maximum Gasteiger partial charge on any atom is 0.243 e. The van der Waals surface area contributed by atoms with Crippen LogP contribution in [0.5, 0.6) is 0 Å². The van der Waals surface area contributed by atoms with Gasteiger partial charge in [-0.15, -0.1) is 0 Å². The summed E-state index contributed by atoms with van der Waals surface area (Å²) in [5, 5.41) is 0. The molecule has 1 fully saturated rings. The second-order valence-corrected chi connectivity index (χ2v) is 9.18. The predicted molar refractivity (Wildman–Crippen MR) is 80.9 cm³/mol. The van der Waals surface area contributed by atoms with Crippen LogP contribution in [0.4, 0.5) is 5.69 Å². The summed E-state index contributed by atoms with van der Waals surface area (Å²) in [5.74, 6) is 0.834. The predicted octanol–water partition coefficient (Wildman–Crippen LogP) is 2.09. The van der Waals surface area contributed by atoms with Crippen LogP contribution in [0.2, 0.25) is 0 Å². The molecule has 19 heavy (non-hydrogen) atoms. The van der Waals surface area contributed by atoms with Crippen molar-refractivity contribution in [3.63, 3.8) is 0 Å². The van der Waals surface area contributed by atoms with Gasteiger partial charge in [-0.05, 0) is 44.5 Å². The van der Waals surface area contributed by atoms with Crippen LogP contribution in [-0.2, 0) is 10.0 Å². The van der Waals surface area contributed by atoms with E-state index in [0.717, 1.165) is 5.75 Å². The Morgan fingerprint density at radius 1 is 1.37 bits per heavy atom. The third-order valence-corrected chi connectivity index (χ3v) is 6.51. The average molecular weight is 300 g/mol. The lowest BCUT2D eigenvalue weighted by molar-refractivity contribution is 0.387. The summed E-state index contributed by atoms with van der Waals surface area (Å²) in [5.41, 5.74) is 6.97. The van der Waals surface area contributed by atoms with Crippen LogP contribution in [0.25, 0.3) is 0 Å². The first-order valence-electron chi connectivity index (χ1n) is 6.23. The quantitative estimate of drug-likeness (QED) is 0.850. The molecule has 0 radical (unpaired) electrons. The molecule has 0 aromatic heterocycles. The Kier molecular flexibility index (Phi) is 3.86. The fourth-order valence-corrected chi connectivity index (χ4v) is 5.40. The van der Waals surface area contributed by atoms with Crippen molar-refractivity contribution in [2.24, 2.45) is 0 Å². The number of hydrogen-bond acceptors (Lipinski definition) is 4. The molecular weight excluding hydrogens is 280 g/mol. The van der Waals surface area contributed by atoms with E-state index in [-0.39, 0.29) is 4.75 Å². The topological polar surface area (TPSA) is 63.4 Å². The molecule has 6 heteroatoms. The Labute approximate surface area is 119 Å². The SMILES string of the molecule is Cc1cc(N)ccc1S(=O)(=O)N1CCSC(C)(C)C1. The molecule has 1 aliphatic rings. The van der Waals surface area contributed by atoms with Crippen molar-refractivity contribution in [1.29, 1.82) is 0 Å². The molecule has 4 nitrogen and oxygen atoms in total. The van der Waals surface area contributed by atoms with Gasteiger partial charge in [0.15, 0.2) is 0 Å². The molecule has 0 amide bonds. The van der Waals surface area contributed by atoms with Crippen molar-refractivity contribution >= 4 is 27.5 Å². The van der Waals surface area contributed by atoms with Crippen LogP contribution in [0, 0.1) is 6.92 Å². The summed E-state index contributed by atoms with van der Waals surface area (Å²) in [4.78, 5) is 0.365. The Balaban J connectivity index is 2.37. The smallest absolute Gasteiger partial charge is 0.243 e.